The monoisotopic (exact) mass is 189 g/mol. The molecule has 2 heterocycles. The zero-order chi connectivity index (χ0) is 10.4. The van der Waals surface area contributed by atoms with Crippen LogP contribution in [-0.4, -0.2) is 15.2 Å². The third kappa shape index (κ3) is 2.42. The minimum absolute atomic E-state index is 0.968. The maximum absolute atomic E-state index is 4.13. The van der Waals surface area contributed by atoms with E-state index < -0.39 is 0 Å². The molecule has 0 spiro atoms. The summed E-state index contributed by atoms with van der Waals surface area (Å²) in [5.74, 6) is 0. The first-order valence-electron chi connectivity index (χ1n) is 4.78. The molecule has 0 saturated carbocycles. The third-order valence-corrected chi connectivity index (χ3v) is 1.68. The first kappa shape index (κ1) is 10.4. The summed E-state index contributed by atoms with van der Waals surface area (Å²) in [6.07, 6.45) is 3.53. The number of pyridine rings is 1. The van der Waals surface area contributed by atoms with Crippen molar-refractivity contribution in [1.29, 1.82) is 0 Å². The van der Waals surface area contributed by atoms with Crippen molar-refractivity contribution in [3.8, 4) is 11.3 Å². The molecule has 74 valence electrons. The lowest BCUT2D eigenvalue weighted by atomic mass is 10.2. The lowest BCUT2D eigenvalue weighted by Crippen LogP contribution is -1.77. The number of aryl methyl sites for hydroxylation is 1. The van der Waals surface area contributed by atoms with Gasteiger partial charge in [-0.15, -0.1) is 0 Å². The van der Waals surface area contributed by atoms with Crippen LogP contribution in [0.2, 0.25) is 0 Å². The van der Waals surface area contributed by atoms with E-state index in [2.05, 4.69) is 15.2 Å². The van der Waals surface area contributed by atoms with Crippen LogP contribution >= 0.6 is 0 Å². The Balaban J connectivity index is 0.000000461. The highest BCUT2D eigenvalue weighted by molar-refractivity contribution is 5.57. The van der Waals surface area contributed by atoms with Gasteiger partial charge in [0.2, 0.25) is 0 Å². The normalized spacial score (nSPS) is 9.07. The fourth-order valence-corrected chi connectivity index (χ4v) is 1.09. The van der Waals surface area contributed by atoms with Crippen LogP contribution in [0.5, 0.6) is 0 Å². The maximum Gasteiger partial charge on any atom is 0.0924 e. The second kappa shape index (κ2) is 5.17. The third-order valence-electron chi connectivity index (χ3n) is 1.68. The van der Waals surface area contributed by atoms with Gasteiger partial charge < -0.3 is 0 Å². The average Bonchev–Trinajstić information content (AvgIpc) is 2.69. The van der Waals surface area contributed by atoms with Gasteiger partial charge in [0.1, 0.15) is 0 Å². The van der Waals surface area contributed by atoms with E-state index in [1.54, 1.807) is 12.4 Å². The molecule has 0 atom stereocenters. The Morgan fingerprint density at radius 2 is 1.79 bits per heavy atom. The molecule has 2 aromatic heterocycles. The molecule has 0 aliphatic heterocycles. The Bertz CT molecular complexity index is 365. The number of hydrogen-bond acceptors (Lipinski definition) is 2. The number of aromatic nitrogens is 3. The molecule has 2 rings (SSSR count). The largest absolute Gasteiger partial charge is 0.282 e. The minimum atomic E-state index is 0.968. The Morgan fingerprint density at radius 3 is 2.29 bits per heavy atom. The Hall–Kier alpha value is -1.64. The smallest absolute Gasteiger partial charge is 0.0924 e. The summed E-state index contributed by atoms with van der Waals surface area (Å²) in [5, 5.41) is 7.03. The molecule has 0 aliphatic rings. The molecule has 0 radical (unpaired) electrons. The van der Waals surface area contributed by atoms with Crippen molar-refractivity contribution in [2.45, 2.75) is 20.8 Å². The van der Waals surface area contributed by atoms with Crippen LogP contribution in [0.3, 0.4) is 0 Å². The van der Waals surface area contributed by atoms with Gasteiger partial charge >= 0.3 is 0 Å². The van der Waals surface area contributed by atoms with Crippen LogP contribution in [0.25, 0.3) is 11.3 Å². The Morgan fingerprint density at radius 1 is 1.14 bits per heavy atom. The van der Waals surface area contributed by atoms with Crippen molar-refractivity contribution in [2.75, 3.05) is 0 Å². The Kier molecular flexibility index (Phi) is 3.85. The van der Waals surface area contributed by atoms with Gasteiger partial charge in [-0.2, -0.15) is 5.10 Å². The van der Waals surface area contributed by atoms with E-state index in [1.165, 1.54) is 0 Å². The summed E-state index contributed by atoms with van der Waals surface area (Å²) in [4.78, 5) is 3.94. The lowest BCUT2D eigenvalue weighted by molar-refractivity contribution is 1.05. The average molecular weight is 189 g/mol. The van der Waals surface area contributed by atoms with Crippen LogP contribution in [-0.2, 0) is 0 Å². The standard InChI is InChI=1S/C9H9N3.C2H6/c1-7-6-9(12-11-7)8-2-4-10-5-3-8;1-2/h2-6H,1H3,(H,11,12);1-2H3. The van der Waals surface area contributed by atoms with Crippen molar-refractivity contribution >= 4 is 0 Å². The van der Waals surface area contributed by atoms with E-state index in [4.69, 9.17) is 0 Å². The number of nitrogens with zero attached hydrogens (tertiary/aromatic N) is 2. The van der Waals surface area contributed by atoms with Gasteiger partial charge in [0.05, 0.1) is 5.69 Å². The number of nitrogens with one attached hydrogen (secondary N) is 1. The molecular weight excluding hydrogens is 174 g/mol. The molecule has 0 bridgehead atoms. The Labute approximate surface area is 84.2 Å². The molecule has 0 saturated heterocycles. The summed E-state index contributed by atoms with van der Waals surface area (Å²) in [7, 11) is 0. The number of H-pyrrole nitrogens is 1. The van der Waals surface area contributed by atoms with Crippen LogP contribution in [0.1, 0.15) is 19.5 Å². The summed E-state index contributed by atoms with van der Waals surface area (Å²) in [6, 6.07) is 5.89. The topological polar surface area (TPSA) is 41.6 Å². The minimum Gasteiger partial charge on any atom is -0.282 e. The van der Waals surface area contributed by atoms with Gasteiger partial charge in [0.25, 0.3) is 0 Å². The fraction of sp³-hybridized carbons (Fsp3) is 0.273. The SMILES string of the molecule is CC.Cc1cc(-c2ccncc2)n[nH]1. The second-order valence-electron chi connectivity index (χ2n) is 2.67. The number of aromatic amines is 1. The molecule has 0 aliphatic carbocycles. The molecule has 2 aromatic rings. The van der Waals surface area contributed by atoms with E-state index in [0.717, 1.165) is 17.0 Å². The van der Waals surface area contributed by atoms with Crippen LogP contribution in [0.4, 0.5) is 0 Å². The predicted molar refractivity (Wildman–Crippen MR) is 57.9 cm³/mol. The highest BCUT2D eigenvalue weighted by Gasteiger charge is 1.98. The lowest BCUT2D eigenvalue weighted by Gasteiger charge is -1.91. The summed E-state index contributed by atoms with van der Waals surface area (Å²) >= 11 is 0. The van der Waals surface area contributed by atoms with E-state index in [-0.39, 0.29) is 0 Å². The fourth-order valence-electron chi connectivity index (χ4n) is 1.09. The van der Waals surface area contributed by atoms with Gasteiger partial charge in [-0.05, 0) is 25.1 Å². The van der Waals surface area contributed by atoms with Gasteiger partial charge in [0, 0.05) is 23.7 Å². The first-order valence-corrected chi connectivity index (χ1v) is 4.78. The van der Waals surface area contributed by atoms with Crippen LogP contribution < -0.4 is 0 Å². The van der Waals surface area contributed by atoms with Crippen molar-refractivity contribution in [3.63, 3.8) is 0 Å². The molecule has 0 fully saturated rings. The van der Waals surface area contributed by atoms with E-state index in [0.29, 0.717) is 0 Å². The molecule has 0 aromatic carbocycles. The quantitative estimate of drug-likeness (QED) is 0.749. The molecule has 0 unspecified atom stereocenters. The van der Waals surface area contributed by atoms with Crippen molar-refractivity contribution in [1.82, 2.24) is 15.2 Å². The number of rotatable bonds is 1. The summed E-state index contributed by atoms with van der Waals surface area (Å²) in [5.41, 5.74) is 3.13. The highest BCUT2D eigenvalue weighted by Crippen LogP contribution is 2.15. The van der Waals surface area contributed by atoms with Crippen molar-refractivity contribution in [3.05, 3.63) is 36.3 Å². The van der Waals surface area contributed by atoms with Crippen molar-refractivity contribution in [2.24, 2.45) is 0 Å². The second-order valence-corrected chi connectivity index (χ2v) is 2.67. The molecule has 3 nitrogen and oxygen atoms in total. The predicted octanol–water partition coefficient (Wildman–Crippen LogP) is 2.81. The van der Waals surface area contributed by atoms with Gasteiger partial charge in [-0.3, -0.25) is 10.1 Å². The molecule has 14 heavy (non-hydrogen) atoms. The summed E-state index contributed by atoms with van der Waals surface area (Å²) < 4.78 is 0. The van der Waals surface area contributed by atoms with Gasteiger partial charge in [0.15, 0.2) is 0 Å². The van der Waals surface area contributed by atoms with Gasteiger partial charge in [-0.25, -0.2) is 0 Å². The molecule has 0 amide bonds. The highest BCUT2D eigenvalue weighted by atomic mass is 15.1. The van der Waals surface area contributed by atoms with Gasteiger partial charge in [-0.1, -0.05) is 13.8 Å². The van der Waals surface area contributed by atoms with Crippen LogP contribution in [0, 0.1) is 6.92 Å². The maximum atomic E-state index is 4.13. The first-order chi connectivity index (χ1) is 6.86. The zero-order valence-electron chi connectivity index (χ0n) is 8.78. The molecule has 1 N–H and O–H groups in total. The molecule has 3 heteroatoms. The number of hydrogen-bond donors (Lipinski definition) is 1. The van der Waals surface area contributed by atoms with Crippen molar-refractivity contribution < 1.29 is 0 Å². The van der Waals surface area contributed by atoms with E-state index >= 15 is 0 Å². The summed E-state index contributed by atoms with van der Waals surface area (Å²) in [6.45, 7) is 5.98. The molecular formula is C11H15N3. The van der Waals surface area contributed by atoms with Crippen LogP contribution in [0.15, 0.2) is 30.6 Å². The van der Waals surface area contributed by atoms with E-state index in [9.17, 15) is 0 Å². The van der Waals surface area contributed by atoms with E-state index in [1.807, 2.05) is 39.0 Å². The zero-order valence-corrected chi connectivity index (χ0v) is 8.78.